The zero-order valence-corrected chi connectivity index (χ0v) is 12.0. The quantitative estimate of drug-likeness (QED) is 0.740. The zero-order chi connectivity index (χ0) is 14.9. The molecule has 1 aromatic carbocycles. The number of hydrogen-bond acceptors (Lipinski definition) is 4. The van der Waals surface area contributed by atoms with E-state index in [4.69, 9.17) is 9.47 Å². The van der Waals surface area contributed by atoms with Crippen molar-refractivity contribution in [2.24, 2.45) is 0 Å². The molecule has 112 valence electrons. The second-order valence-corrected chi connectivity index (χ2v) is 4.45. The summed E-state index contributed by atoms with van der Waals surface area (Å²) in [5, 5.41) is 7.05. The molecular formula is C15H19N3O3. The van der Waals surface area contributed by atoms with Crippen molar-refractivity contribution in [2.75, 3.05) is 26.9 Å². The number of aromatic nitrogens is 2. The van der Waals surface area contributed by atoms with Gasteiger partial charge in [0, 0.05) is 25.4 Å². The molecule has 0 saturated heterocycles. The predicted molar refractivity (Wildman–Crippen MR) is 78.1 cm³/mol. The van der Waals surface area contributed by atoms with Crippen LogP contribution in [0.1, 0.15) is 5.56 Å². The van der Waals surface area contributed by atoms with Gasteiger partial charge in [-0.1, -0.05) is 18.2 Å². The van der Waals surface area contributed by atoms with Gasteiger partial charge in [0.05, 0.1) is 25.1 Å². The normalized spacial score (nSPS) is 10.5. The second kappa shape index (κ2) is 8.18. The third-order valence-corrected chi connectivity index (χ3v) is 2.81. The van der Waals surface area contributed by atoms with Crippen LogP contribution in [0.3, 0.4) is 0 Å². The van der Waals surface area contributed by atoms with Crippen LogP contribution < -0.4 is 5.32 Å². The Morgan fingerprint density at radius 2 is 2.10 bits per heavy atom. The maximum absolute atomic E-state index is 11.6. The minimum atomic E-state index is -0.154. The van der Waals surface area contributed by atoms with Gasteiger partial charge >= 0.3 is 0 Å². The lowest BCUT2D eigenvalue weighted by molar-refractivity contribution is -0.126. The molecule has 0 saturated carbocycles. The number of rotatable bonds is 8. The fourth-order valence-corrected chi connectivity index (χ4v) is 1.73. The molecule has 0 fully saturated rings. The van der Waals surface area contributed by atoms with E-state index in [1.54, 1.807) is 18.0 Å². The molecule has 1 aromatic heterocycles. The molecule has 1 amide bonds. The predicted octanol–water partition coefficient (Wildman–Crippen LogP) is 1.15. The van der Waals surface area contributed by atoms with Crippen LogP contribution in [0, 0.1) is 0 Å². The van der Waals surface area contributed by atoms with Crippen molar-refractivity contribution < 1.29 is 14.3 Å². The monoisotopic (exact) mass is 289 g/mol. The van der Waals surface area contributed by atoms with Gasteiger partial charge in [0.25, 0.3) is 0 Å². The summed E-state index contributed by atoms with van der Waals surface area (Å²) in [6.45, 7) is 1.36. The molecule has 1 heterocycles. The van der Waals surface area contributed by atoms with Crippen LogP contribution in [-0.4, -0.2) is 42.6 Å². The third-order valence-electron chi connectivity index (χ3n) is 2.81. The second-order valence-electron chi connectivity index (χ2n) is 4.45. The molecule has 0 aliphatic rings. The summed E-state index contributed by atoms with van der Waals surface area (Å²) >= 11 is 0. The lowest BCUT2D eigenvalue weighted by Crippen LogP contribution is -2.27. The van der Waals surface area contributed by atoms with Crippen LogP contribution in [0.4, 0.5) is 0 Å². The highest BCUT2D eigenvalue weighted by Gasteiger charge is 2.04. The Balaban J connectivity index is 1.77. The highest BCUT2D eigenvalue weighted by atomic mass is 16.5. The Kier molecular flexibility index (Phi) is 5.93. The van der Waals surface area contributed by atoms with E-state index in [1.807, 2.05) is 36.5 Å². The smallest absolute Gasteiger partial charge is 0.246 e. The molecule has 2 aromatic rings. The van der Waals surface area contributed by atoms with Crippen molar-refractivity contribution >= 4 is 5.91 Å². The first-order chi connectivity index (χ1) is 10.3. The van der Waals surface area contributed by atoms with Crippen molar-refractivity contribution in [3.63, 3.8) is 0 Å². The molecule has 0 aliphatic carbocycles. The number of methoxy groups -OCH3 is 1. The number of hydrogen-bond donors (Lipinski definition) is 1. The number of carbonyl (C=O) groups excluding carboxylic acids is 1. The van der Waals surface area contributed by atoms with E-state index in [2.05, 4.69) is 10.4 Å². The van der Waals surface area contributed by atoms with E-state index in [-0.39, 0.29) is 12.5 Å². The molecular weight excluding hydrogens is 270 g/mol. The van der Waals surface area contributed by atoms with Crippen molar-refractivity contribution in [2.45, 2.75) is 6.54 Å². The van der Waals surface area contributed by atoms with Crippen LogP contribution in [0.25, 0.3) is 5.69 Å². The molecule has 0 aliphatic heterocycles. The molecule has 0 unspecified atom stereocenters. The largest absolute Gasteiger partial charge is 0.382 e. The van der Waals surface area contributed by atoms with E-state index < -0.39 is 0 Å². The van der Waals surface area contributed by atoms with Crippen LogP contribution in [0.15, 0.2) is 42.7 Å². The summed E-state index contributed by atoms with van der Waals surface area (Å²) in [5.74, 6) is -0.154. The van der Waals surface area contributed by atoms with E-state index in [1.165, 1.54) is 0 Å². The number of benzene rings is 1. The summed E-state index contributed by atoms with van der Waals surface area (Å²) in [4.78, 5) is 11.6. The van der Waals surface area contributed by atoms with Gasteiger partial charge in [0.2, 0.25) is 5.91 Å². The molecule has 0 atom stereocenters. The summed E-state index contributed by atoms with van der Waals surface area (Å²) < 4.78 is 11.7. The highest BCUT2D eigenvalue weighted by molar-refractivity contribution is 5.77. The maximum atomic E-state index is 11.6. The average molecular weight is 289 g/mol. The maximum Gasteiger partial charge on any atom is 0.246 e. The van der Waals surface area contributed by atoms with Gasteiger partial charge in [0.15, 0.2) is 0 Å². The minimum Gasteiger partial charge on any atom is -0.382 e. The molecule has 21 heavy (non-hydrogen) atoms. The van der Waals surface area contributed by atoms with Crippen molar-refractivity contribution in [3.05, 3.63) is 48.3 Å². The number of nitrogens with one attached hydrogen (secondary N) is 1. The van der Waals surface area contributed by atoms with E-state index in [0.29, 0.717) is 19.8 Å². The van der Waals surface area contributed by atoms with Crippen molar-refractivity contribution in [1.82, 2.24) is 15.1 Å². The number of amides is 1. The summed E-state index contributed by atoms with van der Waals surface area (Å²) in [5.41, 5.74) is 1.92. The fourth-order valence-electron chi connectivity index (χ4n) is 1.73. The van der Waals surface area contributed by atoms with Crippen LogP contribution >= 0.6 is 0 Å². The number of carbonyl (C=O) groups is 1. The molecule has 0 bridgehead atoms. The third kappa shape index (κ3) is 5.02. The SMILES string of the molecule is COCCOCC(=O)NCc1cnn(-c2ccccc2)c1. The molecule has 6 heteroatoms. The van der Waals surface area contributed by atoms with Gasteiger partial charge in [-0.25, -0.2) is 4.68 Å². The first kappa shape index (κ1) is 15.2. The van der Waals surface area contributed by atoms with Crippen LogP contribution in [0.2, 0.25) is 0 Å². The molecule has 0 spiro atoms. The highest BCUT2D eigenvalue weighted by Crippen LogP contribution is 2.07. The Morgan fingerprint density at radius 1 is 1.29 bits per heavy atom. The Hall–Kier alpha value is -2.18. The number of ether oxygens (including phenoxy) is 2. The molecule has 0 radical (unpaired) electrons. The van der Waals surface area contributed by atoms with Gasteiger partial charge in [-0.15, -0.1) is 0 Å². The zero-order valence-electron chi connectivity index (χ0n) is 12.0. The first-order valence-electron chi connectivity index (χ1n) is 6.72. The van der Waals surface area contributed by atoms with E-state index in [0.717, 1.165) is 11.3 Å². The van der Waals surface area contributed by atoms with E-state index in [9.17, 15) is 4.79 Å². The summed E-state index contributed by atoms with van der Waals surface area (Å²) in [6.07, 6.45) is 3.63. The molecule has 1 N–H and O–H groups in total. The van der Waals surface area contributed by atoms with Gasteiger partial charge in [0.1, 0.15) is 6.61 Å². The molecule has 2 rings (SSSR count). The Labute approximate surface area is 123 Å². The Morgan fingerprint density at radius 3 is 2.86 bits per heavy atom. The minimum absolute atomic E-state index is 0.0379. The lowest BCUT2D eigenvalue weighted by Gasteiger charge is -2.04. The van der Waals surface area contributed by atoms with Crippen LogP contribution in [-0.2, 0) is 20.8 Å². The van der Waals surface area contributed by atoms with Crippen molar-refractivity contribution in [3.8, 4) is 5.69 Å². The average Bonchev–Trinajstić information content (AvgIpc) is 2.99. The summed E-state index contributed by atoms with van der Waals surface area (Å²) in [7, 11) is 1.59. The van der Waals surface area contributed by atoms with E-state index >= 15 is 0 Å². The van der Waals surface area contributed by atoms with Gasteiger partial charge in [-0.3, -0.25) is 4.79 Å². The Bertz CT molecular complexity index is 554. The van der Waals surface area contributed by atoms with Gasteiger partial charge < -0.3 is 14.8 Å². The molecule has 6 nitrogen and oxygen atoms in total. The topological polar surface area (TPSA) is 65.4 Å². The fraction of sp³-hybridized carbons (Fsp3) is 0.333. The summed E-state index contributed by atoms with van der Waals surface area (Å²) in [6, 6.07) is 9.81. The first-order valence-corrected chi connectivity index (χ1v) is 6.72. The van der Waals surface area contributed by atoms with Crippen LogP contribution in [0.5, 0.6) is 0 Å². The van der Waals surface area contributed by atoms with Gasteiger partial charge in [-0.05, 0) is 12.1 Å². The number of para-hydroxylation sites is 1. The number of nitrogens with zero attached hydrogens (tertiary/aromatic N) is 2. The standard InChI is InChI=1S/C15H19N3O3/c1-20-7-8-21-12-15(19)16-9-13-10-17-18(11-13)14-5-3-2-4-6-14/h2-6,10-11H,7-9,12H2,1H3,(H,16,19). The lowest BCUT2D eigenvalue weighted by atomic mass is 10.3. The van der Waals surface area contributed by atoms with Crippen molar-refractivity contribution in [1.29, 1.82) is 0 Å². The van der Waals surface area contributed by atoms with Gasteiger partial charge in [-0.2, -0.15) is 5.10 Å².